The quantitative estimate of drug-likeness (QED) is 0.455. The molecular weight excluding hydrogens is 368 g/mol. The second kappa shape index (κ2) is 11.0. The van der Waals surface area contributed by atoms with E-state index in [4.69, 9.17) is 0 Å². The Balaban J connectivity index is 0.00000576. The van der Waals surface area contributed by atoms with Crippen molar-refractivity contribution in [2.45, 2.75) is 31.2 Å². The van der Waals surface area contributed by atoms with Crippen LogP contribution in [0.4, 0.5) is 5.69 Å². The Morgan fingerprint density at radius 1 is 1.12 bits per heavy atom. The van der Waals surface area contributed by atoms with E-state index in [0.29, 0.717) is 12.2 Å². The van der Waals surface area contributed by atoms with Gasteiger partial charge in [0, 0.05) is 19.2 Å². The molecule has 0 saturated carbocycles. The van der Waals surface area contributed by atoms with Crippen LogP contribution in [0.15, 0.2) is 29.2 Å². The van der Waals surface area contributed by atoms with Gasteiger partial charge < -0.3 is 16.0 Å². The van der Waals surface area contributed by atoms with Gasteiger partial charge in [0.05, 0.1) is 10.9 Å². The van der Waals surface area contributed by atoms with E-state index in [0.717, 1.165) is 13.0 Å². The number of carbonyl (C=O) groups excluding carboxylic acids is 2. The highest BCUT2D eigenvalue weighted by Gasteiger charge is 2.21. The Bertz CT molecular complexity index is 665. The first kappa shape index (κ1) is 23.3. The van der Waals surface area contributed by atoms with Crippen molar-refractivity contribution in [1.29, 1.82) is 0 Å². The topological polar surface area (TPSA) is 116 Å². The van der Waals surface area contributed by atoms with Crippen LogP contribution in [-0.4, -0.2) is 46.4 Å². The number of hydrogen-bond acceptors (Lipinski definition) is 5. The molecule has 0 bridgehead atoms. The predicted molar refractivity (Wildman–Crippen MR) is 99.3 cm³/mol. The van der Waals surface area contributed by atoms with Crippen molar-refractivity contribution >= 4 is 39.9 Å². The Kier molecular flexibility index (Phi) is 10.3. The van der Waals surface area contributed by atoms with Crippen LogP contribution < -0.4 is 20.7 Å². The summed E-state index contributed by atoms with van der Waals surface area (Å²) in [6.45, 7) is 4.08. The van der Waals surface area contributed by atoms with Crippen LogP contribution >= 0.6 is 12.4 Å². The van der Waals surface area contributed by atoms with Crippen LogP contribution in [0.5, 0.6) is 0 Å². The summed E-state index contributed by atoms with van der Waals surface area (Å²) in [5.41, 5.74) is 0.497. The minimum absolute atomic E-state index is 0. The van der Waals surface area contributed by atoms with Gasteiger partial charge in [-0.15, -0.1) is 12.4 Å². The predicted octanol–water partition coefficient (Wildman–Crippen LogP) is 0.459. The molecule has 142 valence electrons. The van der Waals surface area contributed by atoms with Gasteiger partial charge in [0.1, 0.15) is 0 Å². The van der Waals surface area contributed by atoms with Crippen molar-refractivity contribution in [3.05, 3.63) is 24.3 Å². The summed E-state index contributed by atoms with van der Waals surface area (Å²) in [7, 11) is -2.01. The first-order chi connectivity index (χ1) is 11.3. The molecule has 1 unspecified atom stereocenters. The Hall–Kier alpha value is -1.68. The normalized spacial score (nSPS) is 12.0. The average Bonchev–Trinajstić information content (AvgIpc) is 2.51. The van der Waals surface area contributed by atoms with Gasteiger partial charge in [-0.1, -0.05) is 0 Å². The lowest BCUT2D eigenvalue weighted by Gasteiger charge is -2.14. The first-order valence-electron chi connectivity index (χ1n) is 7.58. The van der Waals surface area contributed by atoms with Crippen LogP contribution in [0.3, 0.4) is 0 Å². The van der Waals surface area contributed by atoms with Gasteiger partial charge in [-0.2, -0.15) is 4.72 Å². The zero-order valence-corrected chi connectivity index (χ0v) is 16.1. The summed E-state index contributed by atoms with van der Waals surface area (Å²) >= 11 is 0. The fraction of sp³-hybridized carbons (Fsp3) is 0.467. The lowest BCUT2D eigenvalue weighted by atomic mass is 10.3. The number of amides is 2. The fourth-order valence-electron chi connectivity index (χ4n) is 1.90. The summed E-state index contributed by atoms with van der Waals surface area (Å²) in [5, 5.41) is 8.18. The highest BCUT2D eigenvalue weighted by molar-refractivity contribution is 7.89. The van der Waals surface area contributed by atoms with E-state index in [1.165, 1.54) is 38.1 Å². The maximum absolute atomic E-state index is 12.3. The van der Waals surface area contributed by atoms with Crippen LogP contribution in [0.25, 0.3) is 0 Å². The van der Waals surface area contributed by atoms with E-state index >= 15 is 0 Å². The van der Waals surface area contributed by atoms with Gasteiger partial charge in [-0.05, 0) is 51.2 Å². The van der Waals surface area contributed by atoms with Crippen molar-refractivity contribution in [1.82, 2.24) is 15.4 Å². The van der Waals surface area contributed by atoms with Gasteiger partial charge in [-0.3, -0.25) is 9.59 Å². The molecule has 0 saturated heterocycles. The highest BCUT2D eigenvalue weighted by Crippen LogP contribution is 2.14. The lowest BCUT2D eigenvalue weighted by molar-refractivity contribution is -0.122. The minimum atomic E-state index is -3.82. The molecule has 1 rings (SSSR count). The van der Waals surface area contributed by atoms with Crippen molar-refractivity contribution < 1.29 is 18.0 Å². The van der Waals surface area contributed by atoms with Gasteiger partial charge in [-0.25, -0.2) is 8.42 Å². The number of anilines is 1. The van der Waals surface area contributed by atoms with Crippen LogP contribution in [0, 0.1) is 0 Å². The fourth-order valence-corrected chi connectivity index (χ4v) is 3.11. The van der Waals surface area contributed by atoms with Crippen molar-refractivity contribution in [3.8, 4) is 0 Å². The van der Waals surface area contributed by atoms with E-state index in [1.54, 1.807) is 0 Å². The number of benzene rings is 1. The number of halogens is 1. The molecule has 0 aliphatic rings. The van der Waals surface area contributed by atoms with Crippen molar-refractivity contribution in [2.75, 3.05) is 25.5 Å². The van der Waals surface area contributed by atoms with Gasteiger partial charge >= 0.3 is 0 Å². The monoisotopic (exact) mass is 392 g/mol. The summed E-state index contributed by atoms with van der Waals surface area (Å²) in [6, 6.07) is 4.81. The molecule has 8 nitrogen and oxygen atoms in total. The largest absolute Gasteiger partial charge is 0.355 e. The van der Waals surface area contributed by atoms with E-state index in [-0.39, 0.29) is 29.1 Å². The molecule has 4 N–H and O–H groups in total. The third-order valence-corrected chi connectivity index (χ3v) is 4.67. The molecule has 1 aromatic carbocycles. The minimum Gasteiger partial charge on any atom is -0.355 e. The number of rotatable bonds is 9. The number of sulfonamides is 1. The molecular formula is C15H25ClN4O4S. The number of carbonyl (C=O) groups is 2. The second-order valence-corrected chi connectivity index (χ2v) is 7.01. The van der Waals surface area contributed by atoms with E-state index < -0.39 is 16.1 Å². The molecule has 1 atom stereocenters. The summed E-state index contributed by atoms with van der Waals surface area (Å²) in [6.07, 6.45) is 0.756. The smallest absolute Gasteiger partial charge is 0.241 e. The molecule has 2 amide bonds. The molecule has 10 heteroatoms. The van der Waals surface area contributed by atoms with Crippen molar-refractivity contribution in [2.24, 2.45) is 0 Å². The van der Waals surface area contributed by atoms with E-state index in [1.807, 2.05) is 7.05 Å². The van der Waals surface area contributed by atoms with Gasteiger partial charge in [0.2, 0.25) is 21.8 Å². The SMILES string of the molecule is CNCCCNC(=O)C(C)NS(=O)(=O)c1ccc(NC(C)=O)cc1.Cl. The molecule has 0 heterocycles. The lowest BCUT2D eigenvalue weighted by Crippen LogP contribution is -2.45. The Morgan fingerprint density at radius 3 is 2.24 bits per heavy atom. The van der Waals surface area contributed by atoms with Crippen LogP contribution in [-0.2, 0) is 19.6 Å². The zero-order valence-electron chi connectivity index (χ0n) is 14.5. The van der Waals surface area contributed by atoms with Gasteiger partial charge in [0.15, 0.2) is 0 Å². The van der Waals surface area contributed by atoms with Crippen molar-refractivity contribution in [3.63, 3.8) is 0 Å². The summed E-state index contributed by atoms with van der Waals surface area (Å²) in [4.78, 5) is 22.9. The zero-order chi connectivity index (χ0) is 18.2. The van der Waals surface area contributed by atoms with Gasteiger partial charge in [0.25, 0.3) is 0 Å². The average molecular weight is 393 g/mol. The van der Waals surface area contributed by atoms with Crippen LogP contribution in [0.1, 0.15) is 20.3 Å². The van der Waals surface area contributed by atoms with E-state index in [9.17, 15) is 18.0 Å². The molecule has 0 spiro atoms. The molecule has 0 aromatic heterocycles. The second-order valence-electron chi connectivity index (χ2n) is 5.30. The van der Waals surface area contributed by atoms with Crippen LogP contribution in [0.2, 0.25) is 0 Å². The molecule has 0 aliphatic carbocycles. The summed E-state index contributed by atoms with van der Waals surface area (Å²) < 4.78 is 26.9. The highest BCUT2D eigenvalue weighted by atomic mass is 35.5. The maximum Gasteiger partial charge on any atom is 0.241 e. The summed E-state index contributed by atoms with van der Waals surface area (Å²) in [5.74, 6) is -0.628. The Labute approximate surface area is 154 Å². The maximum atomic E-state index is 12.3. The molecule has 0 fully saturated rings. The molecule has 0 radical (unpaired) electrons. The number of hydrogen-bond donors (Lipinski definition) is 4. The van der Waals surface area contributed by atoms with E-state index in [2.05, 4.69) is 20.7 Å². The third-order valence-electron chi connectivity index (χ3n) is 3.11. The standard InChI is InChI=1S/C15H24N4O4S.ClH/c1-11(15(21)17-10-4-9-16-3)19-24(22,23)14-7-5-13(6-8-14)18-12(2)20;/h5-8,11,16,19H,4,9-10H2,1-3H3,(H,17,21)(H,18,20);1H. The Morgan fingerprint density at radius 2 is 1.72 bits per heavy atom. The molecule has 0 aliphatic heterocycles. The first-order valence-corrected chi connectivity index (χ1v) is 9.07. The molecule has 1 aromatic rings. The number of nitrogens with one attached hydrogen (secondary N) is 4. The molecule has 25 heavy (non-hydrogen) atoms. The third kappa shape index (κ3) is 8.30.